The van der Waals surface area contributed by atoms with E-state index in [1.807, 2.05) is 24.3 Å². The highest BCUT2D eigenvalue weighted by molar-refractivity contribution is 7.70. The Labute approximate surface area is 175 Å². The Kier molecular flexibility index (Phi) is 6.60. The zero-order chi connectivity index (χ0) is 21.0. The van der Waals surface area contributed by atoms with Crippen LogP contribution in [-0.2, 0) is 9.36 Å². The number of carbonyl (C=O) groups excluding carboxylic acids is 1. The van der Waals surface area contributed by atoms with Crippen LogP contribution >= 0.6 is 18.7 Å². The zero-order valence-electron chi connectivity index (χ0n) is 16.6. The number of amides is 1. The van der Waals surface area contributed by atoms with Crippen LogP contribution in [0.3, 0.4) is 0 Å². The molecule has 1 aromatic carbocycles. The minimum atomic E-state index is -2.47. The molecule has 2 heterocycles. The highest BCUT2D eigenvalue weighted by Gasteiger charge is 2.22. The van der Waals surface area contributed by atoms with Crippen LogP contribution in [0.2, 0.25) is 5.02 Å². The highest BCUT2D eigenvalue weighted by Crippen LogP contribution is 2.38. The summed E-state index contributed by atoms with van der Waals surface area (Å²) in [4.78, 5) is 22.3. The predicted octanol–water partition coefficient (Wildman–Crippen LogP) is 3.71. The number of nitrogens with one attached hydrogen (secondary N) is 2. The molecule has 0 aliphatic carbocycles. The normalized spacial score (nSPS) is 15.1. The summed E-state index contributed by atoms with van der Waals surface area (Å²) in [5, 5.41) is 7.63. The van der Waals surface area contributed by atoms with E-state index >= 15 is 0 Å². The fourth-order valence-electron chi connectivity index (χ4n) is 3.26. The number of hydrogen-bond donors (Lipinski definition) is 2. The van der Waals surface area contributed by atoms with Gasteiger partial charge >= 0.3 is 0 Å². The maximum absolute atomic E-state index is 12.6. The Morgan fingerprint density at radius 2 is 2.00 bits per heavy atom. The third kappa shape index (κ3) is 5.37. The van der Waals surface area contributed by atoms with Crippen molar-refractivity contribution in [2.24, 2.45) is 0 Å². The van der Waals surface area contributed by atoms with Crippen molar-refractivity contribution in [1.82, 2.24) is 14.9 Å². The molecule has 2 N–H and O–H groups in total. The van der Waals surface area contributed by atoms with Crippen LogP contribution in [0.5, 0.6) is 0 Å². The van der Waals surface area contributed by atoms with E-state index in [1.54, 1.807) is 18.2 Å². The van der Waals surface area contributed by atoms with Gasteiger partial charge in [0.2, 0.25) is 11.9 Å². The molecular weight excluding hydrogens is 409 g/mol. The fourth-order valence-corrected chi connectivity index (χ4v) is 4.55. The van der Waals surface area contributed by atoms with Crippen molar-refractivity contribution in [2.75, 3.05) is 37.1 Å². The number of likely N-dealkylation sites (tertiary alicyclic amines) is 1. The van der Waals surface area contributed by atoms with Gasteiger partial charge < -0.3 is 20.1 Å². The molecule has 9 heteroatoms. The Hall–Kier alpha value is -2.37. The van der Waals surface area contributed by atoms with E-state index in [1.165, 1.54) is 12.3 Å². The largest absolute Gasteiger partial charge is 0.351 e. The van der Waals surface area contributed by atoms with E-state index in [0.29, 0.717) is 35.6 Å². The van der Waals surface area contributed by atoms with Crippen LogP contribution in [0.1, 0.15) is 12.8 Å². The Morgan fingerprint density at radius 3 is 2.66 bits per heavy atom. The van der Waals surface area contributed by atoms with Crippen LogP contribution in [0.4, 0.5) is 17.5 Å². The molecule has 154 valence electrons. The summed E-state index contributed by atoms with van der Waals surface area (Å²) in [6.45, 7) is 8.31. The second kappa shape index (κ2) is 8.97. The van der Waals surface area contributed by atoms with Gasteiger partial charge in [-0.3, -0.25) is 4.79 Å². The van der Waals surface area contributed by atoms with E-state index in [0.717, 1.165) is 18.1 Å². The Morgan fingerprint density at radius 1 is 1.31 bits per heavy atom. The first-order valence-electron chi connectivity index (χ1n) is 9.40. The molecule has 29 heavy (non-hydrogen) atoms. The summed E-state index contributed by atoms with van der Waals surface area (Å²) in [5.41, 5.74) is 0.712. The van der Waals surface area contributed by atoms with Crippen molar-refractivity contribution >= 4 is 47.4 Å². The van der Waals surface area contributed by atoms with Gasteiger partial charge in [0.1, 0.15) is 12.2 Å². The number of piperidine rings is 1. The van der Waals surface area contributed by atoms with Crippen molar-refractivity contribution in [3.05, 3.63) is 48.1 Å². The first-order chi connectivity index (χ1) is 13.8. The fraction of sp³-hybridized carbons (Fsp3) is 0.350. The molecule has 0 unspecified atom stereocenters. The lowest BCUT2D eigenvalue weighted by Crippen LogP contribution is -2.41. The molecule has 1 fully saturated rings. The van der Waals surface area contributed by atoms with Crippen LogP contribution in [-0.4, -0.2) is 53.2 Å². The minimum absolute atomic E-state index is 0.0412. The standard InChI is InChI=1S/C20H25ClN5O2P/c1-4-18(27)26-11-9-14(10-12-26)23-20-22-13-15(21)19(25-20)24-16-7-5-6-8-17(16)29(2,3)28/h4-8,13-14H,1,9-12H2,2-3H3,(H2,22,23,24,25). The molecule has 1 amide bonds. The summed E-state index contributed by atoms with van der Waals surface area (Å²) in [7, 11) is -2.47. The van der Waals surface area contributed by atoms with Crippen molar-refractivity contribution < 1.29 is 9.36 Å². The van der Waals surface area contributed by atoms with Gasteiger partial charge in [0, 0.05) is 24.4 Å². The quantitative estimate of drug-likeness (QED) is 0.533. The zero-order valence-corrected chi connectivity index (χ0v) is 18.2. The molecule has 3 rings (SSSR count). The van der Waals surface area contributed by atoms with Crippen molar-refractivity contribution in [3.8, 4) is 0 Å². The number of halogens is 1. The smallest absolute Gasteiger partial charge is 0.245 e. The molecule has 2 aromatic rings. The molecule has 0 atom stereocenters. The Bertz CT molecular complexity index is 954. The number of benzene rings is 1. The number of rotatable bonds is 6. The number of aromatic nitrogens is 2. The second-order valence-electron chi connectivity index (χ2n) is 7.33. The van der Waals surface area contributed by atoms with Crippen LogP contribution in [0.15, 0.2) is 43.1 Å². The van der Waals surface area contributed by atoms with E-state index in [2.05, 4.69) is 27.2 Å². The lowest BCUT2D eigenvalue weighted by Gasteiger charge is -2.31. The van der Waals surface area contributed by atoms with Crippen molar-refractivity contribution in [3.63, 3.8) is 0 Å². The molecule has 1 aliphatic heterocycles. The van der Waals surface area contributed by atoms with Crippen molar-refractivity contribution in [2.45, 2.75) is 18.9 Å². The molecule has 0 radical (unpaired) electrons. The monoisotopic (exact) mass is 433 g/mol. The van der Waals surface area contributed by atoms with E-state index < -0.39 is 7.14 Å². The summed E-state index contributed by atoms with van der Waals surface area (Å²) in [6.07, 6.45) is 4.48. The molecule has 1 saturated heterocycles. The summed E-state index contributed by atoms with van der Waals surface area (Å²) >= 11 is 6.29. The average Bonchev–Trinajstić information content (AvgIpc) is 2.70. The molecule has 1 aliphatic rings. The van der Waals surface area contributed by atoms with Crippen LogP contribution < -0.4 is 15.9 Å². The summed E-state index contributed by atoms with van der Waals surface area (Å²) < 4.78 is 12.6. The second-order valence-corrected chi connectivity index (χ2v) is 10.9. The van der Waals surface area contributed by atoms with Gasteiger partial charge in [-0.1, -0.05) is 30.3 Å². The third-order valence-electron chi connectivity index (χ3n) is 4.80. The van der Waals surface area contributed by atoms with Crippen LogP contribution in [0, 0.1) is 0 Å². The molecule has 1 aromatic heterocycles. The maximum Gasteiger partial charge on any atom is 0.245 e. The van der Waals surface area contributed by atoms with Gasteiger partial charge in [-0.15, -0.1) is 0 Å². The van der Waals surface area contributed by atoms with Crippen molar-refractivity contribution in [1.29, 1.82) is 0 Å². The third-order valence-corrected chi connectivity index (χ3v) is 6.62. The predicted molar refractivity (Wildman–Crippen MR) is 119 cm³/mol. The first-order valence-corrected chi connectivity index (χ1v) is 12.4. The summed E-state index contributed by atoms with van der Waals surface area (Å²) in [5.74, 6) is 0.865. The Balaban J connectivity index is 1.73. The molecule has 0 spiro atoms. The van der Waals surface area contributed by atoms with Gasteiger partial charge in [0.15, 0.2) is 5.82 Å². The number of anilines is 3. The maximum atomic E-state index is 12.6. The first kappa shape index (κ1) is 21.3. The van der Waals surface area contributed by atoms with Gasteiger partial charge in [0.25, 0.3) is 0 Å². The number of para-hydroxylation sites is 1. The number of nitrogens with zero attached hydrogens (tertiary/aromatic N) is 3. The SMILES string of the molecule is C=CC(=O)N1CCC(Nc2ncc(Cl)c(Nc3ccccc3P(C)(C)=O)n2)CC1. The molecule has 0 saturated carbocycles. The molecule has 0 bridgehead atoms. The van der Waals surface area contributed by atoms with E-state index in [4.69, 9.17) is 11.6 Å². The number of hydrogen-bond acceptors (Lipinski definition) is 6. The lowest BCUT2D eigenvalue weighted by atomic mass is 10.1. The van der Waals surface area contributed by atoms with Crippen LogP contribution in [0.25, 0.3) is 0 Å². The van der Waals surface area contributed by atoms with Gasteiger partial charge in [0.05, 0.1) is 11.9 Å². The minimum Gasteiger partial charge on any atom is -0.351 e. The summed E-state index contributed by atoms with van der Waals surface area (Å²) in [6, 6.07) is 7.59. The lowest BCUT2D eigenvalue weighted by molar-refractivity contribution is -0.126. The van der Waals surface area contributed by atoms with Gasteiger partial charge in [-0.05, 0) is 44.4 Å². The molecule has 7 nitrogen and oxygen atoms in total. The van der Waals surface area contributed by atoms with Gasteiger partial charge in [-0.25, -0.2) is 4.98 Å². The van der Waals surface area contributed by atoms with E-state index in [9.17, 15) is 9.36 Å². The average molecular weight is 434 g/mol. The molecular formula is C20H25ClN5O2P. The topological polar surface area (TPSA) is 87.2 Å². The highest BCUT2D eigenvalue weighted by atomic mass is 35.5. The number of carbonyl (C=O) groups is 1. The van der Waals surface area contributed by atoms with Gasteiger partial charge in [-0.2, -0.15) is 4.98 Å². The van der Waals surface area contributed by atoms with E-state index in [-0.39, 0.29) is 11.9 Å².